The number of aromatic nitrogens is 3. The van der Waals surface area contributed by atoms with Gasteiger partial charge in [-0.15, -0.1) is 0 Å². The molecule has 2 aromatic heterocycles. The Kier molecular flexibility index (Phi) is 7.33. The smallest absolute Gasteiger partial charge is 0.404 e. The summed E-state index contributed by atoms with van der Waals surface area (Å²) in [5.41, 5.74) is 1.66. The van der Waals surface area contributed by atoms with E-state index in [1.807, 2.05) is 49.7 Å². The van der Waals surface area contributed by atoms with Crippen LogP contribution in [0.25, 0.3) is 10.9 Å². The average molecular weight is 454 g/mol. The summed E-state index contributed by atoms with van der Waals surface area (Å²) in [7, 11) is 0. The summed E-state index contributed by atoms with van der Waals surface area (Å²) in [5, 5.41) is 32.5. The lowest BCUT2D eigenvalue weighted by Gasteiger charge is -2.27. The fourth-order valence-electron chi connectivity index (χ4n) is 3.67. The summed E-state index contributed by atoms with van der Waals surface area (Å²) >= 11 is 0. The van der Waals surface area contributed by atoms with Crippen LogP contribution in [0.3, 0.4) is 0 Å². The van der Waals surface area contributed by atoms with Crippen LogP contribution in [0.1, 0.15) is 39.7 Å². The van der Waals surface area contributed by atoms with Gasteiger partial charge in [0.15, 0.2) is 17.5 Å². The molecule has 2 atom stereocenters. The zero-order valence-corrected chi connectivity index (χ0v) is 19.1. The first-order chi connectivity index (χ1) is 15.7. The van der Waals surface area contributed by atoms with Gasteiger partial charge in [-0.3, -0.25) is 4.68 Å². The molecule has 0 fully saturated rings. The van der Waals surface area contributed by atoms with E-state index in [1.165, 1.54) is 0 Å². The number of nitrogens with one attached hydrogen (secondary N) is 3. The van der Waals surface area contributed by atoms with Crippen molar-refractivity contribution in [3.05, 3.63) is 41.8 Å². The van der Waals surface area contributed by atoms with Gasteiger partial charge in [-0.1, -0.05) is 13.8 Å². The minimum atomic E-state index is -1.16. The number of aryl methyl sites for hydroxylation is 1. The van der Waals surface area contributed by atoms with E-state index in [0.717, 1.165) is 17.0 Å². The molecular weight excluding hydrogens is 425 g/mol. The minimum absolute atomic E-state index is 0.0548. The SMILES string of the molecule is CCn1ncc2ccc(Nc3nc(N[C@H](CC(C)C)[C@H](C)NC(=O)O)c(F)cc3C#N)cc21. The largest absolute Gasteiger partial charge is 0.465 e. The second-order valence-corrected chi connectivity index (χ2v) is 8.30. The quantitative estimate of drug-likeness (QED) is 0.370. The third-order valence-corrected chi connectivity index (χ3v) is 5.31. The van der Waals surface area contributed by atoms with Gasteiger partial charge in [-0.2, -0.15) is 10.4 Å². The van der Waals surface area contributed by atoms with Crippen LogP contribution in [0.4, 0.5) is 26.5 Å². The number of carbonyl (C=O) groups is 1. The molecule has 0 aliphatic rings. The Morgan fingerprint density at radius 1 is 1.27 bits per heavy atom. The molecule has 2 heterocycles. The van der Waals surface area contributed by atoms with Gasteiger partial charge in [0.05, 0.1) is 17.3 Å². The van der Waals surface area contributed by atoms with Crippen molar-refractivity contribution >= 4 is 34.3 Å². The Bertz CT molecular complexity index is 1190. The van der Waals surface area contributed by atoms with Crippen molar-refractivity contribution in [1.82, 2.24) is 20.1 Å². The second kappa shape index (κ2) is 10.2. The minimum Gasteiger partial charge on any atom is -0.465 e. The van der Waals surface area contributed by atoms with E-state index in [0.29, 0.717) is 18.7 Å². The number of pyridine rings is 1. The van der Waals surface area contributed by atoms with Crippen LogP contribution in [0.15, 0.2) is 30.5 Å². The normalized spacial score (nSPS) is 12.9. The molecule has 0 bridgehead atoms. The molecule has 174 valence electrons. The first kappa shape index (κ1) is 23.8. The number of amides is 1. The predicted molar refractivity (Wildman–Crippen MR) is 125 cm³/mol. The summed E-state index contributed by atoms with van der Waals surface area (Å²) in [5.74, 6) is -0.311. The molecule has 0 spiro atoms. The van der Waals surface area contributed by atoms with Crippen molar-refractivity contribution in [2.75, 3.05) is 10.6 Å². The number of nitriles is 1. The zero-order chi connectivity index (χ0) is 24.1. The third kappa shape index (κ3) is 5.68. The van der Waals surface area contributed by atoms with Crippen molar-refractivity contribution in [2.45, 2.75) is 52.7 Å². The summed E-state index contributed by atoms with van der Waals surface area (Å²) in [6.45, 7) is 8.40. The van der Waals surface area contributed by atoms with Gasteiger partial charge in [0.1, 0.15) is 6.07 Å². The lowest BCUT2D eigenvalue weighted by atomic mass is 9.98. The van der Waals surface area contributed by atoms with Gasteiger partial charge in [0.2, 0.25) is 0 Å². The van der Waals surface area contributed by atoms with Gasteiger partial charge in [0, 0.05) is 29.7 Å². The maximum Gasteiger partial charge on any atom is 0.404 e. The fraction of sp³-hybridized carbons (Fsp3) is 0.391. The Balaban J connectivity index is 1.93. The number of carboxylic acid groups (broad SMARTS) is 1. The lowest BCUT2D eigenvalue weighted by Crippen LogP contribution is -2.45. The number of hydrogen-bond acceptors (Lipinski definition) is 6. The van der Waals surface area contributed by atoms with Crippen LogP contribution in [0, 0.1) is 23.1 Å². The molecule has 10 heteroatoms. The van der Waals surface area contributed by atoms with E-state index >= 15 is 0 Å². The summed E-state index contributed by atoms with van der Waals surface area (Å²) in [4.78, 5) is 15.4. The van der Waals surface area contributed by atoms with E-state index in [-0.39, 0.29) is 23.1 Å². The molecule has 9 nitrogen and oxygen atoms in total. The first-order valence-corrected chi connectivity index (χ1v) is 10.8. The fourth-order valence-corrected chi connectivity index (χ4v) is 3.67. The monoisotopic (exact) mass is 453 g/mol. The number of anilines is 3. The number of rotatable bonds is 9. The standard InChI is InChI=1S/C23H28FN7O2/c1-5-31-20-10-17(7-6-15(20)12-26-31)28-21-16(11-25)9-18(24)22(30-21)29-19(8-13(2)3)14(4)27-23(32)33/h6-7,9-10,12-14,19,27H,5,8H2,1-4H3,(H,32,33)(H2,28,29,30)/t14-,19+/m0/s1. The zero-order valence-electron chi connectivity index (χ0n) is 19.1. The molecule has 0 saturated heterocycles. The highest BCUT2D eigenvalue weighted by atomic mass is 19.1. The second-order valence-electron chi connectivity index (χ2n) is 8.30. The Morgan fingerprint density at radius 2 is 2.03 bits per heavy atom. The number of nitrogens with zero attached hydrogens (tertiary/aromatic N) is 4. The number of fused-ring (bicyclic) bond motifs is 1. The van der Waals surface area contributed by atoms with E-state index in [9.17, 15) is 14.4 Å². The summed E-state index contributed by atoms with van der Waals surface area (Å²) < 4.78 is 16.6. The van der Waals surface area contributed by atoms with Crippen molar-refractivity contribution < 1.29 is 14.3 Å². The topological polar surface area (TPSA) is 128 Å². The molecule has 0 aliphatic heterocycles. The van der Waals surface area contributed by atoms with E-state index in [1.54, 1.807) is 13.1 Å². The molecule has 0 radical (unpaired) electrons. The predicted octanol–water partition coefficient (Wildman–Crippen LogP) is 4.69. The Hall–Kier alpha value is -3.87. The first-order valence-electron chi connectivity index (χ1n) is 10.8. The van der Waals surface area contributed by atoms with Gasteiger partial charge in [-0.05, 0) is 50.5 Å². The van der Waals surface area contributed by atoms with Crippen LogP contribution >= 0.6 is 0 Å². The van der Waals surface area contributed by atoms with Crippen molar-refractivity contribution in [2.24, 2.45) is 5.92 Å². The van der Waals surface area contributed by atoms with Gasteiger partial charge in [0.25, 0.3) is 0 Å². The lowest BCUT2D eigenvalue weighted by molar-refractivity contribution is 0.188. The number of benzene rings is 1. The maximum atomic E-state index is 14.8. The van der Waals surface area contributed by atoms with Crippen LogP contribution in [-0.2, 0) is 6.54 Å². The maximum absolute atomic E-state index is 14.8. The molecular formula is C23H28FN7O2. The van der Waals surface area contributed by atoms with Gasteiger partial charge < -0.3 is 21.1 Å². The van der Waals surface area contributed by atoms with E-state index in [4.69, 9.17) is 5.11 Å². The molecule has 1 aromatic carbocycles. The highest BCUT2D eigenvalue weighted by Gasteiger charge is 2.23. The highest BCUT2D eigenvalue weighted by molar-refractivity contribution is 5.83. The molecule has 4 N–H and O–H groups in total. The molecule has 3 aromatic rings. The van der Waals surface area contributed by atoms with Crippen LogP contribution in [-0.4, -0.2) is 38.0 Å². The molecule has 1 amide bonds. The summed E-state index contributed by atoms with van der Waals surface area (Å²) in [6, 6.07) is 7.84. The van der Waals surface area contributed by atoms with Crippen LogP contribution in [0.2, 0.25) is 0 Å². The summed E-state index contributed by atoms with van der Waals surface area (Å²) in [6.07, 6.45) is 1.21. The molecule has 0 unspecified atom stereocenters. The van der Waals surface area contributed by atoms with Crippen LogP contribution < -0.4 is 16.0 Å². The van der Waals surface area contributed by atoms with Crippen molar-refractivity contribution in [3.8, 4) is 6.07 Å². The van der Waals surface area contributed by atoms with E-state index in [2.05, 4.69) is 26.0 Å². The van der Waals surface area contributed by atoms with Gasteiger partial charge in [-0.25, -0.2) is 14.2 Å². The van der Waals surface area contributed by atoms with Crippen molar-refractivity contribution in [1.29, 1.82) is 5.26 Å². The number of halogens is 1. The number of hydrogen-bond donors (Lipinski definition) is 4. The average Bonchev–Trinajstić information content (AvgIpc) is 3.16. The molecule has 0 saturated carbocycles. The Morgan fingerprint density at radius 3 is 2.67 bits per heavy atom. The highest BCUT2D eigenvalue weighted by Crippen LogP contribution is 2.27. The third-order valence-electron chi connectivity index (χ3n) is 5.31. The molecule has 0 aliphatic carbocycles. The Labute approximate surface area is 191 Å². The van der Waals surface area contributed by atoms with Crippen LogP contribution in [0.5, 0.6) is 0 Å². The van der Waals surface area contributed by atoms with Gasteiger partial charge >= 0.3 is 6.09 Å². The van der Waals surface area contributed by atoms with E-state index < -0.39 is 24.0 Å². The molecule has 3 rings (SSSR count). The molecule has 33 heavy (non-hydrogen) atoms. The van der Waals surface area contributed by atoms with Crippen molar-refractivity contribution in [3.63, 3.8) is 0 Å².